The van der Waals surface area contributed by atoms with Gasteiger partial charge in [0.2, 0.25) is 5.91 Å². The van der Waals surface area contributed by atoms with Crippen LogP contribution in [0.1, 0.15) is 12.0 Å². The van der Waals surface area contributed by atoms with E-state index < -0.39 is 0 Å². The number of amides is 1. The van der Waals surface area contributed by atoms with E-state index >= 15 is 0 Å². The molecule has 1 heterocycles. The Morgan fingerprint density at radius 1 is 1.47 bits per heavy atom. The maximum Gasteiger partial charge on any atom is 0.228 e. The molecular formula is C12H15NOS. The summed E-state index contributed by atoms with van der Waals surface area (Å²) < 4.78 is 0. The molecule has 1 aliphatic heterocycles. The molecule has 0 radical (unpaired) electrons. The smallest absolute Gasteiger partial charge is 0.228 e. The van der Waals surface area contributed by atoms with Crippen molar-refractivity contribution < 1.29 is 4.79 Å². The number of rotatable bonds is 2. The zero-order chi connectivity index (χ0) is 10.7. The maximum absolute atomic E-state index is 11.8. The Hall–Kier alpha value is -0.960. The molecule has 1 N–H and O–H groups in total. The minimum Gasteiger partial charge on any atom is -0.326 e. The zero-order valence-electron chi connectivity index (χ0n) is 8.82. The summed E-state index contributed by atoms with van der Waals surface area (Å²) in [5.74, 6) is 2.47. The Bertz CT molecular complexity index is 358. The van der Waals surface area contributed by atoms with E-state index in [1.807, 2.05) is 43.0 Å². The molecule has 0 aliphatic carbocycles. The molecule has 1 aliphatic rings. The SMILES string of the molecule is Cc1ccccc1NC(=O)C1CCSC1. The lowest BCUT2D eigenvalue weighted by Gasteiger charge is -2.11. The van der Waals surface area contributed by atoms with Gasteiger partial charge in [-0.2, -0.15) is 11.8 Å². The highest BCUT2D eigenvalue weighted by Crippen LogP contribution is 2.25. The first-order valence-electron chi connectivity index (χ1n) is 5.21. The number of benzene rings is 1. The van der Waals surface area contributed by atoms with E-state index in [1.165, 1.54) is 0 Å². The van der Waals surface area contributed by atoms with E-state index in [9.17, 15) is 4.79 Å². The normalized spacial score (nSPS) is 20.2. The van der Waals surface area contributed by atoms with Gasteiger partial charge in [-0.3, -0.25) is 4.79 Å². The molecule has 0 bridgehead atoms. The third kappa shape index (κ3) is 2.53. The number of carbonyl (C=O) groups is 1. The van der Waals surface area contributed by atoms with E-state index in [0.717, 1.165) is 29.2 Å². The molecule has 1 amide bonds. The van der Waals surface area contributed by atoms with Gasteiger partial charge >= 0.3 is 0 Å². The summed E-state index contributed by atoms with van der Waals surface area (Å²) in [6.07, 6.45) is 1.02. The van der Waals surface area contributed by atoms with Crippen molar-refractivity contribution >= 4 is 23.4 Å². The molecule has 80 valence electrons. The van der Waals surface area contributed by atoms with Crippen molar-refractivity contribution in [3.63, 3.8) is 0 Å². The van der Waals surface area contributed by atoms with Crippen molar-refractivity contribution in [1.29, 1.82) is 0 Å². The van der Waals surface area contributed by atoms with Crippen LogP contribution in [0.15, 0.2) is 24.3 Å². The van der Waals surface area contributed by atoms with Crippen LogP contribution in [0.4, 0.5) is 5.69 Å². The Balaban J connectivity index is 2.02. The van der Waals surface area contributed by atoms with Crippen molar-refractivity contribution in [3.05, 3.63) is 29.8 Å². The fourth-order valence-corrected chi connectivity index (χ4v) is 2.91. The van der Waals surface area contributed by atoms with E-state index in [2.05, 4.69) is 5.32 Å². The maximum atomic E-state index is 11.8. The van der Waals surface area contributed by atoms with Gasteiger partial charge in [-0.1, -0.05) is 18.2 Å². The van der Waals surface area contributed by atoms with Gasteiger partial charge in [-0.05, 0) is 30.7 Å². The molecule has 2 nitrogen and oxygen atoms in total. The largest absolute Gasteiger partial charge is 0.326 e. The van der Waals surface area contributed by atoms with Gasteiger partial charge in [-0.25, -0.2) is 0 Å². The van der Waals surface area contributed by atoms with Crippen LogP contribution in [0.5, 0.6) is 0 Å². The van der Waals surface area contributed by atoms with Crippen LogP contribution in [0.2, 0.25) is 0 Å². The highest BCUT2D eigenvalue weighted by molar-refractivity contribution is 7.99. The standard InChI is InChI=1S/C12H15NOS/c1-9-4-2-3-5-11(9)13-12(14)10-6-7-15-8-10/h2-5,10H,6-8H2,1H3,(H,13,14). The van der Waals surface area contributed by atoms with Gasteiger partial charge in [0.15, 0.2) is 0 Å². The molecule has 2 rings (SSSR count). The highest BCUT2D eigenvalue weighted by Gasteiger charge is 2.23. The van der Waals surface area contributed by atoms with Crippen molar-refractivity contribution in [1.82, 2.24) is 0 Å². The van der Waals surface area contributed by atoms with Crippen LogP contribution < -0.4 is 5.32 Å². The highest BCUT2D eigenvalue weighted by atomic mass is 32.2. The first kappa shape index (κ1) is 10.6. The van der Waals surface area contributed by atoms with Gasteiger partial charge in [0.25, 0.3) is 0 Å². The summed E-state index contributed by atoms with van der Waals surface area (Å²) in [7, 11) is 0. The number of aryl methyl sites for hydroxylation is 1. The second kappa shape index (κ2) is 4.71. The van der Waals surface area contributed by atoms with E-state index in [-0.39, 0.29) is 11.8 Å². The molecule has 0 saturated carbocycles. The molecule has 0 spiro atoms. The number of hydrogen-bond acceptors (Lipinski definition) is 2. The quantitative estimate of drug-likeness (QED) is 0.832. The van der Waals surface area contributed by atoms with Gasteiger partial charge in [-0.15, -0.1) is 0 Å². The topological polar surface area (TPSA) is 29.1 Å². The Labute approximate surface area is 94.4 Å². The van der Waals surface area contributed by atoms with Crippen LogP contribution >= 0.6 is 11.8 Å². The Morgan fingerprint density at radius 3 is 2.93 bits per heavy atom. The van der Waals surface area contributed by atoms with Crippen molar-refractivity contribution in [2.24, 2.45) is 5.92 Å². The number of thioether (sulfide) groups is 1. The lowest BCUT2D eigenvalue weighted by Crippen LogP contribution is -2.22. The van der Waals surface area contributed by atoms with Crippen LogP contribution in [0.25, 0.3) is 0 Å². The molecule has 1 aromatic carbocycles. The molecule has 1 aromatic rings. The fourth-order valence-electron chi connectivity index (χ4n) is 1.69. The predicted octanol–water partition coefficient (Wildman–Crippen LogP) is 2.69. The second-order valence-electron chi connectivity index (χ2n) is 3.86. The molecule has 1 saturated heterocycles. The second-order valence-corrected chi connectivity index (χ2v) is 5.01. The summed E-state index contributed by atoms with van der Waals surface area (Å²) in [5, 5.41) is 3.00. The van der Waals surface area contributed by atoms with Crippen LogP contribution in [-0.4, -0.2) is 17.4 Å². The first-order chi connectivity index (χ1) is 7.27. The number of hydrogen-bond donors (Lipinski definition) is 1. The molecule has 3 heteroatoms. The number of carbonyl (C=O) groups excluding carboxylic acids is 1. The van der Waals surface area contributed by atoms with E-state index in [4.69, 9.17) is 0 Å². The zero-order valence-corrected chi connectivity index (χ0v) is 9.64. The average Bonchev–Trinajstić information content (AvgIpc) is 2.74. The molecule has 1 atom stereocenters. The van der Waals surface area contributed by atoms with Crippen LogP contribution in [0.3, 0.4) is 0 Å². The summed E-state index contributed by atoms with van der Waals surface area (Å²) in [6.45, 7) is 2.01. The van der Waals surface area contributed by atoms with E-state index in [1.54, 1.807) is 0 Å². The van der Waals surface area contributed by atoms with Gasteiger partial charge in [0.05, 0.1) is 0 Å². The average molecular weight is 221 g/mol. The minimum absolute atomic E-state index is 0.175. The molecule has 15 heavy (non-hydrogen) atoms. The third-order valence-electron chi connectivity index (χ3n) is 2.70. The monoisotopic (exact) mass is 221 g/mol. The molecule has 1 fully saturated rings. The van der Waals surface area contributed by atoms with Crippen LogP contribution in [0, 0.1) is 12.8 Å². The van der Waals surface area contributed by atoms with Crippen molar-refractivity contribution in [2.45, 2.75) is 13.3 Å². The lowest BCUT2D eigenvalue weighted by molar-refractivity contribution is -0.119. The predicted molar refractivity (Wildman–Crippen MR) is 65.2 cm³/mol. The first-order valence-corrected chi connectivity index (χ1v) is 6.37. The van der Waals surface area contributed by atoms with Crippen molar-refractivity contribution in [2.75, 3.05) is 16.8 Å². The van der Waals surface area contributed by atoms with E-state index in [0.29, 0.717) is 0 Å². The number of anilines is 1. The summed E-state index contributed by atoms with van der Waals surface area (Å²) in [5.41, 5.74) is 2.07. The Morgan fingerprint density at radius 2 is 2.27 bits per heavy atom. The third-order valence-corrected chi connectivity index (χ3v) is 3.87. The summed E-state index contributed by atoms with van der Waals surface area (Å²) in [4.78, 5) is 11.8. The molecule has 0 aromatic heterocycles. The molecular weight excluding hydrogens is 206 g/mol. The van der Waals surface area contributed by atoms with Gasteiger partial charge in [0, 0.05) is 17.4 Å². The van der Waals surface area contributed by atoms with Gasteiger partial charge in [0.1, 0.15) is 0 Å². The minimum atomic E-state index is 0.175. The van der Waals surface area contributed by atoms with Crippen LogP contribution in [-0.2, 0) is 4.79 Å². The lowest BCUT2D eigenvalue weighted by atomic mass is 10.1. The Kier molecular flexibility index (Phi) is 3.31. The number of nitrogens with one attached hydrogen (secondary N) is 1. The number of para-hydroxylation sites is 1. The van der Waals surface area contributed by atoms with Gasteiger partial charge < -0.3 is 5.32 Å². The summed E-state index contributed by atoms with van der Waals surface area (Å²) >= 11 is 1.86. The fraction of sp³-hybridized carbons (Fsp3) is 0.417. The summed E-state index contributed by atoms with van der Waals surface area (Å²) in [6, 6.07) is 7.90. The van der Waals surface area contributed by atoms with Crippen molar-refractivity contribution in [3.8, 4) is 0 Å². The molecule has 1 unspecified atom stereocenters.